The molecule has 0 aliphatic carbocycles. The summed E-state index contributed by atoms with van der Waals surface area (Å²) in [6.45, 7) is 0.141. The molecule has 0 atom stereocenters. The fraction of sp³-hybridized carbons (Fsp3) is 0.0769. The maximum atomic E-state index is 12.6. The van der Waals surface area contributed by atoms with Crippen molar-refractivity contribution in [3.05, 3.63) is 108 Å². The summed E-state index contributed by atoms with van der Waals surface area (Å²) in [5.41, 5.74) is 2.46. The van der Waals surface area contributed by atoms with Crippen molar-refractivity contribution in [2.45, 2.75) is 6.17 Å². The van der Waals surface area contributed by atoms with Gasteiger partial charge in [0.15, 0.2) is 11.5 Å². The number of benzene rings is 3. The van der Waals surface area contributed by atoms with E-state index >= 15 is 0 Å². The molecule has 6 heteroatoms. The molecule has 0 bridgehead atoms. The van der Waals surface area contributed by atoms with Gasteiger partial charge in [0.1, 0.15) is 6.17 Å². The van der Waals surface area contributed by atoms with E-state index in [0.717, 1.165) is 11.1 Å². The highest BCUT2D eigenvalue weighted by Crippen LogP contribution is 2.33. The Morgan fingerprint density at radius 2 is 1.25 bits per heavy atom. The van der Waals surface area contributed by atoms with Gasteiger partial charge in [-0.2, -0.15) is 0 Å². The van der Waals surface area contributed by atoms with E-state index in [2.05, 4.69) is 10.6 Å². The lowest BCUT2D eigenvalue weighted by Crippen LogP contribution is -2.39. The number of carbonyl (C=O) groups is 2. The second-order valence-corrected chi connectivity index (χ2v) is 7.05. The molecule has 1 aliphatic rings. The lowest BCUT2D eigenvalue weighted by Gasteiger charge is -2.19. The van der Waals surface area contributed by atoms with E-state index in [9.17, 15) is 9.59 Å². The number of rotatable bonds is 7. The van der Waals surface area contributed by atoms with Crippen LogP contribution in [0.3, 0.4) is 0 Å². The standard InChI is InChI=1S/C26H22N2O4/c29-24(15-11-19-7-3-1-4-8-19)27-26(21-13-14-22-23(17-21)32-18-31-22)28-25(30)16-12-20-9-5-2-6-10-20/h1-17,26H,18H2,(H,27,29)(H,28,30). The van der Waals surface area contributed by atoms with Crippen molar-refractivity contribution < 1.29 is 19.1 Å². The zero-order valence-electron chi connectivity index (χ0n) is 17.2. The lowest BCUT2D eigenvalue weighted by atomic mass is 10.1. The van der Waals surface area contributed by atoms with Gasteiger partial charge in [0, 0.05) is 12.2 Å². The van der Waals surface area contributed by atoms with Crippen LogP contribution < -0.4 is 20.1 Å². The first-order chi connectivity index (χ1) is 15.7. The average molecular weight is 426 g/mol. The van der Waals surface area contributed by atoms with Crippen LogP contribution in [0.15, 0.2) is 91.0 Å². The van der Waals surface area contributed by atoms with E-state index in [0.29, 0.717) is 17.1 Å². The Balaban J connectivity index is 1.50. The maximum Gasteiger partial charge on any atom is 0.245 e. The summed E-state index contributed by atoms with van der Waals surface area (Å²) in [6, 6.07) is 24.3. The van der Waals surface area contributed by atoms with Gasteiger partial charge in [0.05, 0.1) is 0 Å². The predicted octanol–water partition coefficient (Wildman–Crippen LogP) is 4.07. The highest BCUT2D eigenvalue weighted by molar-refractivity contribution is 5.94. The van der Waals surface area contributed by atoms with Crippen molar-refractivity contribution in [2.24, 2.45) is 0 Å². The van der Waals surface area contributed by atoms with Crippen LogP contribution in [0, 0.1) is 0 Å². The van der Waals surface area contributed by atoms with Crippen LogP contribution in [0.5, 0.6) is 11.5 Å². The molecule has 1 heterocycles. The molecule has 32 heavy (non-hydrogen) atoms. The van der Waals surface area contributed by atoms with Gasteiger partial charge in [-0.1, -0.05) is 66.7 Å². The minimum Gasteiger partial charge on any atom is -0.454 e. The van der Waals surface area contributed by atoms with Gasteiger partial charge in [-0.25, -0.2) is 0 Å². The third-order valence-corrected chi connectivity index (χ3v) is 4.76. The van der Waals surface area contributed by atoms with Crippen LogP contribution >= 0.6 is 0 Å². The number of fused-ring (bicyclic) bond motifs is 1. The van der Waals surface area contributed by atoms with Crippen LogP contribution in [-0.4, -0.2) is 18.6 Å². The predicted molar refractivity (Wildman–Crippen MR) is 123 cm³/mol. The van der Waals surface area contributed by atoms with Crippen LogP contribution in [0.25, 0.3) is 12.2 Å². The Morgan fingerprint density at radius 3 is 1.81 bits per heavy atom. The summed E-state index contributed by atoms with van der Waals surface area (Å²) in [5.74, 6) is 0.501. The smallest absolute Gasteiger partial charge is 0.245 e. The second-order valence-electron chi connectivity index (χ2n) is 7.05. The SMILES string of the molecule is O=C(C=Cc1ccccc1)NC(NC(=O)C=Cc1ccccc1)c1ccc2c(c1)OCO2. The number of hydrogen-bond donors (Lipinski definition) is 2. The topological polar surface area (TPSA) is 76.7 Å². The molecule has 160 valence electrons. The zero-order valence-corrected chi connectivity index (χ0v) is 17.2. The fourth-order valence-corrected chi connectivity index (χ4v) is 3.15. The molecule has 3 aromatic rings. The minimum absolute atomic E-state index is 0.141. The van der Waals surface area contributed by atoms with Crippen molar-refractivity contribution in [2.75, 3.05) is 6.79 Å². The quantitative estimate of drug-likeness (QED) is 0.441. The number of amides is 2. The third kappa shape index (κ3) is 5.64. The summed E-state index contributed by atoms with van der Waals surface area (Å²) < 4.78 is 10.8. The van der Waals surface area contributed by atoms with Crippen LogP contribution in [0.2, 0.25) is 0 Å². The number of hydrogen-bond acceptors (Lipinski definition) is 4. The van der Waals surface area contributed by atoms with Crippen molar-refractivity contribution in [3.63, 3.8) is 0 Å². The van der Waals surface area contributed by atoms with Gasteiger partial charge in [-0.05, 0) is 41.0 Å². The highest BCUT2D eigenvalue weighted by atomic mass is 16.7. The molecule has 2 amide bonds. The van der Waals surface area contributed by atoms with E-state index in [1.165, 1.54) is 12.2 Å². The molecule has 0 saturated heterocycles. The van der Waals surface area contributed by atoms with Crippen LogP contribution in [0.4, 0.5) is 0 Å². The number of nitrogens with one attached hydrogen (secondary N) is 2. The monoisotopic (exact) mass is 426 g/mol. The molecule has 0 aromatic heterocycles. The first-order valence-electron chi connectivity index (χ1n) is 10.1. The molecule has 4 rings (SSSR count). The Bertz CT molecular complexity index is 1080. The van der Waals surface area contributed by atoms with Gasteiger partial charge in [0.2, 0.25) is 18.6 Å². The van der Waals surface area contributed by atoms with Crippen molar-refractivity contribution in [1.82, 2.24) is 10.6 Å². The first-order valence-corrected chi connectivity index (χ1v) is 10.1. The van der Waals surface area contributed by atoms with Gasteiger partial charge in [-0.15, -0.1) is 0 Å². The van der Waals surface area contributed by atoms with Gasteiger partial charge in [0.25, 0.3) is 0 Å². The summed E-state index contributed by atoms with van der Waals surface area (Å²) in [6.07, 6.45) is 5.53. The molecule has 1 aliphatic heterocycles. The van der Waals surface area contributed by atoms with E-state index in [1.807, 2.05) is 60.7 Å². The van der Waals surface area contributed by atoms with Gasteiger partial charge < -0.3 is 20.1 Å². The van der Waals surface area contributed by atoms with E-state index in [1.54, 1.807) is 30.4 Å². The van der Waals surface area contributed by atoms with Crippen LogP contribution in [0.1, 0.15) is 22.9 Å². The molecule has 0 fully saturated rings. The second kappa shape index (κ2) is 10.1. The minimum atomic E-state index is -0.759. The Labute approximate surface area is 186 Å². The Hall–Kier alpha value is -4.32. The van der Waals surface area contributed by atoms with E-state index < -0.39 is 6.17 Å². The van der Waals surface area contributed by atoms with Crippen molar-refractivity contribution in [3.8, 4) is 11.5 Å². The molecule has 0 spiro atoms. The number of carbonyl (C=O) groups excluding carboxylic acids is 2. The summed E-state index contributed by atoms with van der Waals surface area (Å²) in [5, 5.41) is 5.67. The normalized spacial score (nSPS) is 13.2. The molecule has 3 aromatic carbocycles. The van der Waals surface area contributed by atoms with Crippen LogP contribution in [-0.2, 0) is 9.59 Å². The molecule has 2 N–H and O–H groups in total. The number of ether oxygens (including phenoxy) is 2. The molecule has 0 saturated carbocycles. The van der Waals surface area contributed by atoms with Crippen molar-refractivity contribution >= 4 is 24.0 Å². The van der Waals surface area contributed by atoms with E-state index in [-0.39, 0.29) is 18.6 Å². The summed E-state index contributed by atoms with van der Waals surface area (Å²) >= 11 is 0. The average Bonchev–Trinajstić information content (AvgIpc) is 3.30. The van der Waals surface area contributed by atoms with E-state index in [4.69, 9.17) is 9.47 Å². The van der Waals surface area contributed by atoms with Gasteiger partial charge in [-0.3, -0.25) is 9.59 Å². The largest absolute Gasteiger partial charge is 0.454 e. The first kappa shape index (κ1) is 20.9. The Morgan fingerprint density at radius 1 is 0.719 bits per heavy atom. The molecule has 6 nitrogen and oxygen atoms in total. The summed E-state index contributed by atoms with van der Waals surface area (Å²) in [4.78, 5) is 25.1. The third-order valence-electron chi connectivity index (χ3n) is 4.76. The van der Waals surface area contributed by atoms with Gasteiger partial charge >= 0.3 is 0 Å². The molecule has 0 radical (unpaired) electrons. The fourth-order valence-electron chi connectivity index (χ4n) is 3.15. The lowest BCUT2D eigenvalue weighted by molar-refractivity contribution is -0.119. The zero-order chi connectivity index (χ0) is 22.2. The molecule has 0 unspecified atom stereocenters. The maximum absolute atomic E-state index is 12.6. The van der Waals surface area contributed by atoms with Crippen molar-refractivity contribution in [1.29, 1.82) is 0 Å². The summed E-state index contributed by atoms with van der Waals surface area (Å²) in [7, 11) is 0. The Kier molecular flexibility index (Phi) is 6.63. The highest BCUT2D eigenvalue weighted by Gasteiger charge is 2.20. The molecular formula is C26H22N2O4. The molecular weight excluding hydrogens is 404 g/mol.